The van der Waals surface area contributed by atoms with Gasteiger partial charge in [0.1, 0.15) is 5.82 Å². The van der Waals surface area contributed by atoms with Crippen LogP contribution in [0.25, 0.3) is 11.4 Å². The molecule has 0 spiro atoms. The number of benzene rings is 2. The van der Waals surface area contributed by atoms with Crippen molar-refractivity contribution in [2.24, 2.45) is 0 Å². The van der Waals surface area contributed by atoms with Crippen LogP contribution in [0.15, 0.2) is 77.8 Å². The highest BCUT2D eigenvalue weighted by Gasteiger charge is 2.18. The summed E-state index contributed by atoms with van der Waals surface area (Å²) in [5, 5.41) is 1.30. The fraction of sp³-hybridized carbons (Fsp3) is 0.240. The lowest BCUT2D eigenvalue weighted by Gasteiger charge is -2.18. The first kappa shape index (κ1) is 21.5. The van der Waals surface area contributed by atoms with Gasteiger partial charge in [-0.1, -0.05) is 60.7 Å². The number of fused-ring (bicyclic) bond motifs is 1. The molecule has 2 aliphatic rings. The lowest BCUT2D eigenvalue weighted by molar-refractivity contribution is 0.634. The zero-order chi connectivity index (χ0) is 19.3. The molecule has 0 aromatic heterocycles. The maximum atomic E-state index is 4.90. The molecule has 4 rings (SSSR count). The average Bonchev–Trinajstić information content (AvgIpc) is 3.02. The molecule has 0 aliphatic carbocycles. The Kier molecular flexibility index (Phi) is 7.40. The molecule has 0 atom stereocenters. The van der Waals surface area contributed by atoms with Crippen LogP contribution in [0, 0.1) is 13.8 Å². The number of thioether (sulfide) groups is 1. The van der Waals surface area contributed by atoms with E-state index in [1.165, 1.54) is 27.3 Å². The van der Waals surface area contributed by atoms with Crippen molar-refractivity contribution < 1.29 is 0 Å². The van der Waals surface area contributed by atoms with E-state index in [1.807, 2.05) is 11.8 Å². The fourth-order valence-corrected chi connectivity index (χ4v) is 4.61. The number of halogens is 1. The first-order valence-electron chi connectivity index (χ1n) is 9.89. The van der Waals surface area contributed by atoms with Crippen molar-refractivity contribution in [1.82, 2.24) is 9.55 Å². The van der Waals surface area contributed by atoms with Gasteiger partial charge in [-0.15, -0.1) is 24.2 Å². The zero-order valence-electron chi connectivity index (χ0n) is 17.0. The van der Waals surface area contributed by atoms with Crippen LogP contribution in [0.1, 0.15) is 22.4 Å². The smallest absolute Gasteiger partial charge is 0.141 e. The summed E-state index contributed by atoms with van der Waals surface area (Å²) < 4.78 is 2.41. The number of hydrogen-bond donors (Lipinski definition) is 0. The van der Waals surface area contributed by atoms with E-state index >= 15 is 0 Å². The Balaban J connectivity index is 0.00000240. The quantitative estimate of drug-likeness (QED) is 0.312. The van der Waals surface area contributed by atoms with Gasteiger partial charge in [-0.3, -0.25) is 0 Å². The van der Waals surface area contributed by atoms with E-state index in [1.54, 1.807) is 0 Å². The van der Waals surface area contributed by atoms with Gasteiger partial charge in [-0.05, 0) is 55.5 Å². The summed E-state index contributed by atoms with van der Waals surface area (Å²) in [5.74, 6) is 2.19. The van der Waals surface area contributed by atoms with Gasteiger partial charge in [0.15, 0.2) is 0 Å². The van der Waals surface area contributed by atoms with E-state index in [9.17, 15) is 0 Å². The number of nitrogens with zero attached hydrogens (tertiary/aromatic N) is 2. The molecule has 0 saturated heterocycles. The monoisotopic (exact) mass is 422 g/mol. The van der Waals surface area contributed by atoms with Gasteiger partial charge in [0.2, 0.25) is 0 Å². The SMILES string of the molecule is Cc1nc2n(CCc3ccccc3)c(SCCc3ccccc3)ccc-2c1C.Cl. The summed E-state index contributed by atoms with van der Waals surface area (Å²) >= 11 is 1.93. The maximum absolute atomic E-state index is 4.90. The molecule has 2 aliphatic heterocycles. The van der Waals surface area contributed by atoms with E-state index in [2.05, 4.69) is 91.2 Å². The summed E-state index contributed by atoms with van der Waals surface area (Å²) in [6.07, 6.45) is 2.09. The van der Waals surface area contributed by atoms with Crippen LogP contribution >= 0.6 is 24.2 Å². The van der Waals surface area contributed by atoms with Crippen LogP contribution < -0.4 is 0 Å². The van der Waals surface area contributed by atoms with Crippen LogP contribution in [-0.4, -0.2) is 15.3 Å². The maximum Gasteiger partial charge on any atom is 0.141 e. The van der Waals surface area contributed by atoms with Crippen molar-refractivity contribution >= 4 is 24.2 Å². The van der Waals surface area contributed by atoms with Gasteiger partial charge in [-0.25, -0.2) is 4.98 Å². The highest BCUT2D eigenvalue weighted by molar-refractivity contribution is 7.99. The topological polar surface area (TPSA) is 17.8 Å². The van der Waals surface area contributed by atoms with E-state index in [4.69, 9.17) is 4.98 Å². The normalized spacial score (nSPS) is 10.8. The van der Waals surface area contributed by atoms with E-state index < -0.39 is 0 Å². The summed E-state index contributed by atoms with van der Waals surface area (Å²) in [7, 11) is 0. The summed E-state index contributed by atoms with van der Waals surface area (Å²) in [5.41, 5.74) is 6.47. The molecule has 0 saturated carbocycles. The third-order valence-electron chi connectivity index (χ3n) is 5.33. The highest BCUT2D eigenvalue weighted by Crippen LogP contribution is 2.32. The Hall–Kier alpha value is -2.23. The Morgan fingerprint density at radius 3 is 2.07 bits per heavy atom. The van der Waals surface area contributed by atoms with Gasteiger partial charge in [0.05, 0.1) is 5.03 Å². The molecular formula is C25H27ClN2S. The van der Waals surface area contributed by atoms with Crippen LogP contribution in [-0.2, 0) is 19.4 Å². The molecule has 2 aromatic rings. The molecule has 2 nitrogen and oxygen atoms in total. The van der Waals surface area contributed by atoms with E-state index in [0.717, 1.165) is 36.7 Å². The van der Waals surface area contributed by atoms with Crippen molar-refractivity contribution in [1.29, 1.82) is 0 Å². The fourth-order valence-electron chi connectivity index (χ4n) is 3.57. The second kappa shape index (κ2) is 10.00. The lowest BCUT2D eigenvalue weighted by Crippen LogP contribution is -2.09. The Labute approximate surface area is 184 Å². The number of aromatic nitrogens is 2. The van der Waals surface area contributed by atoms with Gasteiger partial charge < -0.3 is 4.57 Å². The van der Waals surface area contributed by atoms with Crippen molar-refractivity contribution in [3.63, 3.8) is 0 Å². The van der Waals surface area contributed by atoms with E-state index in [0.29, 0.717) is 0 Å². The van der Waals surface area contributed by atoms with Crippen LogP contribution in [0.4, 0.5) is 0 Å². The summed E-state index contributed by atoms with van der Waals surface area (Å²) in [4.78, 5) is 4.90. The van der Waals surface area contributed by atoms with Gasteiger partial charge in [0, 0.05) is 23.6 Å². The largest absolute Gasteiger partial charge is 0.320 e. The predicted octanol–water partition coefficient (Wildman–Crippen LogP) is 6.60. The summed E-state index contributed by atoms with van der Waals surface area (Å²) in [6.45, 7) is 5.23. The molecule has 0 unspecified atom stereocenters. The molecule has 0 radical (unpaired) electrons. The molecule has 0 N–H and O–H groups in total. The van der Waals surface area contributed by atoms with Crippen LogP contribution in [0.2, 0.25) is 0 Å². The van der Waals surface area contributed by atoms with Crippen molar-refractivity contribution in [2.45, 2.75) is 38.3 Å². The third kappa shape index (κ3) is 5.04. The average molecular weight is 423 g/mol. The second-order valence-electron chi connectivity index (χ2n) is 7.20. The van der Waals surface area contributed by atoms with Crippen molar-refractivity contribution in [3.05, 3.63) is 95.2 Å². The Bertz CT molecular complexity index is 1010. The molecule has 0 bridgehead atoms. The number of aryl methyl sites for hydroxylation is 3. The zero-order valence-corrected chi connectivity index (χ0v) is 18.6. The van der Waals surface area contributed by atoms with Crippen LogP contribution in [0.5, 0.6) is 0 Å². The van der Waals surface area contributed by atoms with Crippen molar-refractivity contribution in [2.75, 3.05) is 5.75 Å². The van der Waals surface area contributed by atoms with Gasteiger partial charge in [-0.2, -0.15) is 0 Å². The molecule has 4 heteroatoms. The van der Waals surface area contributed by atoms with Gasteiger partial charge in [0.25, 0.3) is 0 Å². The van der Waals surface area contributed by atoms with E-state index in [-0.39, 0.29) is 12.4 Å². The predicted molar refractivity (Wildman–Crippen MR) is 127 cm³/mol. The lowest BCUT2D eigenvalue weighted by atomic mass is 10.1. The minimum absolute atomic E-state index is 0. The highest BCUT2D eigenvalue weighted by atomic mass is 35.5. The van der Waals surface area contributed by atoms with Gasteiger partial charge >= 0.3 is 0 Å². The second-order valence-corrected chi connectivity index (χ2v) is 8.32. The minimum atomic E-state index is 0. The molecule has 2 heterocycles. The number of rotatable bonds is 7. The number of pyridine rings is 1. The first-order chi connectivity index (χ1) is 13.7. The molecule has 0 fully saturated rings. The minimum Gasteiger partial charge on any atom is -0.320 e. The molecule has 2 aromatic carbocycles. The Morgan fingerprint density at radius 1 is 0.793 bits per heavy atom. The third-order valence-corrected chi connectivity index (χ3v) is 6.39. The Morgan fingerprint density at radius 2 is 1.41 bits per heavy atom. The molecule has 0 amide bonds. The number of hydrogen-bond acceptors (Lipinski definition) is 2. The van der Waals surface area contributed by atoms with Crippen molar-refractivity contribution in [3.8, 4) is 11.4 Å². The van der Waals surface area contributed by atoms with Crippen LogP contribution in [0.3, 0.4) is 0 Å². The molecular weight excluding hydrogens is 396 g/mol. The molecule has 29 heavy (non-hydrogen) atoms. The standard InChI is InChI=1S/C25H26N2S.ClH/c1-19-20(2)26-25-23(19)13-14-24(28-18-16-22-11-7-4-8-12-22)27(25)17-15-21-9-5-3-6-10-21;/h3-14H,15-18H2,1-2H3;1H. The molecule has 150 valence electrons. The summed E-state index contributed by atoms with van der Waals surface area (Å²) in [6, 6.07) is 26.0. The first-order valence-corrected chi connectivity index (χ1v) is 10.9.